The van der Waals surface area contributed by atoms with E-state index < -0.39 is 0 Å². The number of hydrogen-bond acceptors (Lipinski definition) is 4. The third-order valence-corrected chi connectivity index (χ3v) is 3.46. The monoisotopic (exact) mass is 286 g/mol. The van der Waals surface area contributed by atoms with Crippen molar-refractivity contribution >= 4 is 11.7 Å². The number of nitrogen functional groups attached to an aromatic ring is 1. The number of halogens is 1. The summed E-state index contributed by atoms with van der Waals surface area (Å²) >= 11 is 0. The van der Waals surface area contributed by atoms with Gasteiger partial charge in [-0.25, -0.2) is 14.4 Å². The van der Waals surface area contributed by atoms with Crippen LogP contribution in [0.4, 0.5) is 10.2 Å². The number of rotatable bonds is 4. The average Bonchev–Trinajstić information content (AvgIpc) is 3.29. The summed E-state index contributed by atoms with van der Waals surface area (Å²) in [5.41, 5.74) is 6.79. The summed E-state index contributed by atoms with van der Waals surface area (Å²) in [5.74, 6) is -0.349. The molecule has 1 aliphatic carbocycles. The molecule has 0 bridgehead atoms. The molecule has 1 aromatic heterocycles. The van der Waals surface area contributed by atoms with Crippen molar-refractivity contribution in [1.82, 2.24) is 14.9 Å². The Bertz CT molecular complexity index is 672. The fourth-order valence-corrected chi connectivity index (χ4v) is 2.24. The maximum atomic E-state index is 13.3. The van der Waals surface area contributed by atoms with E-state index in [2.05, 4.69) is 9.97 Å². The number of nitrogens with zero attached hydrogens (tertiary/aromatic N) is 3. The maximum absolute atomic E-state index is 13.3. The molecular weight excluding hydrogens is 271 g/mol. The highest BCUT2D eigenvalue weighted by Crippen LogP contribution is 2.30. The van der Waals surface area contributed by atoms with Crippen LogP contribution in [-0.2, 0) is 6.54 Å². The standard InChI is InChI=1S/C15H15FN4O/c16-11-3-1-2-10(6-11)8-20(12-4-5-12)15(21)13-7-18-9-19-14(13)17/h1-3,6-7,9,12H,4-5,8H2,(H2,17,18,19). The van der Waals surface area contributed by atoms with E-state index in [4.69, 9.17) is 5.73 Å². The van der Waals surface area contributed by atoms with Crippen molar-refractivity contribution in [3.05, 3.63) is 53.7 Å². The summed E-state index contributed by atoms with van der Waals surface area (Å²) in [4.78, 5) is 22.0. The third kappa shape index (κ3) is 2.99. The highest BCUT2D eigenvalue weighted by molar-refractivity contribution is 5.98. The van der Waals surface area contributed by atoms with Crippen LogP contribution in [-0.4, -0.2) is 26.8 Å². The summed E-state index contributed by atoms with van der Waals surface area (Å²) < 4.78 is 13.3. The molecule has 1 aliphatic rings. The van der Waals surface area contributed by atoms with E-state index >= 15 is 0 Å². The van der Waals surface area contributed by atoms with Crippen molar-refractivity contribution in [2.45, 2.75) is 25.4 Å². The summed E-state index contributed by atoms with van der Waals surface area (Å²) in [6.07, 6.45) is 4.63. The molecule has 1 saturated carbocycles. The van der Waals surface area contributed by atoms with E-state index in [1.54, 1.807) is 17.0 Å². The van der Waals surface area contributed by atoms with E-state index in [-0.39, 0.29) is 23.6 Å². The predicted octanol–water partition coefficient (Wildman–Crippen LogP) is 2.00. The molecule has 0 spiro atoms. The summed E-state index contributed by atoms with van der Waals surface area (Å²) in [6, 6.07) is 6.44. The van der Waals surface area contributed by atoms with Crippen molar-refractivity contribution in [2.24, 2.45) is 0 Å². The number of amides is 1. The molecule has 21 heavy (non-hydrogen) atoms. The molecule has 2 aromatic rings. The van der Waals surface area contributed by atoms with E-state index in [0.717, 1.165) is 18.4 Å². The van der Waals surface area contributed by atoms with Gasteiger partial charge in [-0.05, 0) is 30.5 Å². The molecule has 1 aromatic carbocycles. The van der Waals surface area contributed by atoms with Crippen LogP contribution in [0.15, 0.2) is 36.8 Å². The second-order valence-electron chi connectivity index (χ2n) is 5.12. The Labute approximate surface area is 121 Å². The lowest BCUT2D eigenvalue weighted by Crippen LogP contribution is -2.33. The minimum atomic E-state index is -0.307. The molecule has 1 heterocycles. The molecule has 1 amide bonds. The summed E-state index contributed by atoms with van der Waals surface area (Å²) in [6.45, 7) is 0.357. The molecular formula is C15H15FN4O. The molecule has 5 nitrogen and oxygen atoms in total. The third-order valence-electron chi connectivity index (χ3n) is 3.46. The molecule has 1 fully saturated rings. The van der Waals surface area contributed by atoms with Crippen LogP contribution in [0.5, 0.6) is 0 Å². The SMILES string of the molecule is Nc1ncncc1C(=O)N(Cc1cccc(F)c1)C1CC1. The molecule has 0 radical (unpaired) electrons. The predicted molar refractivity (Wildman–Crippen MR) is 75.7 cm³/mol. The number of benzene rings is 1. The zero-order valence-electron chi connectivity index (χ0n) is 11.4. The number of anilines is 1. The molecule has 0 unspecified atom stereocenters. The lowest BCUT2D eigenvalue weighted by molar-refractivity contribution is 0.0730. The molecule has 0 atom stereocenters. The Morgan fingerprint density at radius 1 is 1.43 bits per heavy atom. The summed E-state index contributed by atoms with van der Waals surface area (Å²) in [5, 5.41) is 0. The second kappa shape index (κ2) is 5.47. The average molecular weight is 286 g/mol. The maximum Gasteiger partial charge on any atom is 0.259 e. The van der Waals surface area contributed by atoms with Gasteiger partial charge in [0.05, 0.1) is 0 Å². The number of carbonyl (C=O) groups excluding carboxylic acids is 1. The van der Waals surface area contributed by atoms with Gasteiger partial charge in [-0.15, -0.1) is 0 Å². The van der Waals surface area contributed by atoms with Crippen LogP contribution in [0.25, 0.3) is 0 Å². The van der Waals surface area contributed by atoms with Gasteiger partial charge in [0.15, 0.2) is 0 Å². The van der Waals surface area contributed by atoms with Gasteiger partial charge in [-0.2, -0.15) is 0 Å². The smallest absolute Gasteiger partial charge is 0.259 e. The van der Waals surface area contributed by atoms with Crippen LogP contribution in [0, 0.1) is 5.82 Å². The zero-order valence-corrected chi connectivity index (χ0v) is 11.4. The van der Waals surface area contributed by atoms with Crippen LogP contribution >= 0.6 is 0 Å². The topological polar surface area (TPSA) is 72.1 Å². The zero-order chi connectivity index (χ0) is 14.8. The fourth-order valence-electron chi connectivity index (χ4n) is 2.24. The van der Waals surface area contributed by atoms with Gasteiger partial charge in [-0.3, -0.25) is 4.79 Å². The Morgan fingerprint density at radius 2 is 2.24 bits per heavy atom. The van der Waals surface area contributed by atoms with Crippen LogP contribution < -0.4 is 5.73 Å². The molecule has 108 valence electrons. The van der Waals surface area contributed by atoms with E-state index in [1.165, 1.54) is 24.7 Å². The first-order valence-corrected chi connectivity index (χ1v) is 6.76. The summed E-state index contributed by atoms with van der Waals surface area (Å²) in [7, 11) is 0. The first-order valence-electron chi connectivity index (χ1n) is 6.76. The van der Waals surface area contributed by atoms with Crippen LogP contribution in [0.2, 0.25) is 0 Å². The molecule has 2 N–H and O–H groups in total. The van der Waals surface area contributed by atoms with Crippen molar-refractivity contribution in [1.29, 1.82) is 0 Å². The lowest BCUT2D eigenvalue weighted by atomic mass is 10.2. The van der Waals surface area contributed by atoms with Gasteiger partial charge in [0.25, 0.3) is 5.91 Å². The van der Waals surface area contributed by atoms with Crippen molar-refractivity contribution in [3.8, 4) is 0 Å². The van der Waals surface area contributed by atoms with E-state index in [1.807, 2.05) is 0 Å². The number of aromatic nitrogens is 2. The molecule has 3 rings (SSSR count). The van der Waals surface area contributed by atoms with Crippen molar-refractivity contribution in [2.75, 3.05) is 5.73 Å². The first kappa shape index (κ1) is 13.5. The lowest BCUT2D eigenvalue weighted by Gasteiger charge is -2.23. The number of carbonyl (C=O) groups is 1. The van der Waals surface area contributed by atoms with Gasteiger partial charge in [0.2, 0.25) is 0 Å². The van der Waals surface area contributed by atoms with Crippen LogP contribution in [0.3, 0.4) is 0 Å². The second-order valence-corrected chi connectivity index (χ2v) is 5.12. The van der Waals surface area contributed by atoms with Gasteiger partial charge in [0, 0.05) is 18.8 Å². The quantitative estimate of drug-likeness (QED) is 0.933. The van der Waals surface area contributed by atoms with Gasteiger partial charge in [-0.1, -0.05) is 12.1 Å². The Morgan fingerprint density at radius 3 is 2.90 bits per heavy atom. The normalized spacial score (nSPS) is 14.0. The van der Waals surface area contributed by atoms with Crippen molar-refractivity contribution < 1.29 is 9.18 Å². The van der Waals surface area contributed by atoms with E-state index in [9.17, 15) is 9.18 Å². The highest BCUT2D eigenvalue weighted by Gasteiger charge is 2.34. The van der Waals surface area contributed by atoms with E-state index in [0.29, 0.717) is 12.1 Å². The first-order chi connectivity index (χ1) is 10.1. The van der Waals surface area contributed by atoms with Gasteiger partial charge in [0.1, 0.15) is 23.5 Å². The number of nitrogens with two attached hydrogens (primary N) is 1. The van der Waals surface area contributed by atoms with Crippen molar-refractivity contribution in [3.63, 3.8) is 0 Å². The number of hydrogen-bond donors (Lipinski definition) is 1. The Hall–Kier alpha value is -2.50. The van der Waals surface area contributed by atoms with Gasteiger partial charge >= 0.3 is 0 Å². The van der Waals surface area contributed by atoms with Gasteiger partial charge < -0.3 is 10.6 Å². The molecule has 0 aliphatic heterocycles. The minimum absolute atomic E-state index is 0.167. The Balaban J connectivity index is 1.85. The minimum Gasteiger partial charge on any atom is -0.383 e. The molecule has 0 saturated heterocycles. The Kier molecular flexibility index (Phi) is 3.51. The van der Waals surface area contributed by atoms with Crippen LogP contribution in [0.1, 0.15) is 28.8 Å². The fraction of sp³-hybridized carbons (Fsp3) is 0.267. The largest absolute Gasteiger partial charge is 0.383 e. The highest BCUT2D eigenvalue weighted by atomic mass is 19.1. The molecule has 6 heteroatoms.